The number of nitrogens with one attached hydrogen (secondary N) is 2. The lowest BCUT2D eigenvalue weighted by Crippen LogP contribution is -2.48. The van der Waals surface area contributed by atoms with Gasteiger partial charge in [-0.2, -0.15) is 0 Å². The molecule has 3 heteroatoms. The van der Waals surface area contributed by atoms with Crippen molar-refractivity contribution in [3.8, 4) is 0 Å². The number of aryl methyl sites for hydroxylation is 2. The highest BCUT2D eigenvalue weighted by Crippen LogP contribution is 2.22. The number of rotatable bonds is 3. The summed E-state index contributed by atoms with van der Waals surface area (Å²) in [5.41, 5.74) is 4.12. The van der Waals surface area contributed by atoms with Crippen LogP contribution in [0, 0.1) is 13.8 Å². The number of hydrogen-bond acceptors (Lipinski definition) is 3. The van der Waals surface area contributed by atoms with Gasteiger partial charge in [-0.05, 0) is 32.0 Å². The van der Waals surface area contributed by atoms with Crippen molar-refractivity contribution < 1.29 is 0 Å². The Hall–Kier alpha value is -0.900. The fourth-order valence-corrected chi connectivity index (χ4v) is 2.61. The van der Waals surface area contributed by atoms with Crippen molar-refractivity contribution in [3.05, 3.63) is 34.9 Å². The van der Waals surface area contributed by atoms with Crippen LogP contribution >= 0.6 is 0 Å². The highest BCUT2D eigenvalue weighted by atomic mass is 15.3. The molecule has 94 valence electrons. The first-order valence-electron chi connectivity index (χ1n) is 6.41. The van der Waals surface area contributed by atoms with Crippen LogP contribution in [0.2, 0.25) is 0 Å². The lowest BCUT2D eigenvalue weighted by Gasteiger charge is -2.35. The number of piperazine rings is 1. The Kier molecular flexibility index (Phi) is 4.15. The lowest BCUT2D eigenvalue weighted by atomic mass is 10.0. The van der Waals surface area contributed by atoms with E-state index in [9.17, 15) is 0 Å². The fraction of sp³-hybridized carbons (Fsp3) is 0.571. The molecule has 1 heterocycles. The van der Waals surface area contributed by atoms with Gasteiger partial charge in [0, 0.05) is 26.2 Å². The highest BCUT2D eigenvalue weighted by Gasteiger charge is 2.21. The minimum Gasteiger partial charge on any atom is -0.314 e. The van der Waals surface area contributed by atoms with Gasteiger partial charge in [0.2, 0.25) is 0 Å². The summed E-state index contributed by atoms with van der Waals surface area (Å²) in [6.07, 6.45) is 0.345. The van der Waals surface area contributed by atoms with E-state index < -0.39 is 0 Å². The third-order valence-electron chi connectivity index (χ3n) is 3.51. The van der Waals surface area contributed by atoms with Crippen LogP contribution in [0.3, 0.4) is 0 Å². The molecule has 0 aromatic heterocycles. The summed E-state index contributed by atoms with van der Waals surface area (Å²) in [6.45, 7) is 8.74. The second kappa shape index (κ2) is 5.63. The third kappa shape index (κ3) is 2.86. The molecule has 0 spiro atoms. The van der Waals surface area contributed by atoms with Gasteiger partial charge >= 0.3 is 0 Å². The van der Waals surface area contributed by atoms with Crippen molar-refractivity contribution >= 4 is 0 Å². The molecule has 1 atom stereocenters. The van der Waals surface area contributed by atoms with Gasteiger partial charge in [-0.1, -0.05) is 23.8 Å². The van der Waals surface area contributed by atoms with E-state index in [1.54, 1.807) is 0 Å². The van der Waals surface area contributed by atoms with Crippen LogP contribution in [0.1, 0.15) is 22.9 Å². The molecule has 0 radical (unpaired) electrons. The number of nitrogens with zero attached hydrogens (tertiary/aromatic N) is 1. The van der Waals surface area contributed by atoms with E-state index >= 15 is 0 Å². The molecule has 1 saturated heterocycles. The van der Waals surface area contributed by atoms with Gasteiger partial charge in [0.1, 0.15) is 0 Å². The van der Waals surface area contributed by atoms with Gasteiger partial charge < -0.3 is 10.6 Å². The molecule has 1 aliphatic rings. The first kappa shape index (κ1) is 12.6. The SMILES string of the molecule is CNC(c1ccc(C)cc1C)N1CCNCC1. The topological polar surface area (TPSA) is 27.3 Å². The van der Waals surface area contributed by atoms with Crippen molar-refractivity contribution in [1.82, 2.24) is 15.5 Å². The first-order chi connectivity index (χ1) is 8.22. The summed E-state index contributed by atoms with van der Waals surface area (Å²) >= 11 is 0. The third-order valence-corrected chi connectivity index (χ3v) is 3.51. The lowest BCUT2D eigenvalue weighted by molar-refractivity contribution is 0.152. The van der Waals surface area contributed by atoms with Crippen LogP contribution < -0.4 is 10.6 Å². The Bertz CT molecular complexity index is 370. The van der Waals surface area contributed by atoms with E-state index in [1.807, 2.05) is 7.05 Å². The zero-order valence-electron chi connectivity index (χ0n) is 11.1. The smallest absolute Gasteiger partial charge is 0.0861 e. The standard InChI is InChI=1S/C14H23N3/c1-11-4-5-13(12(2)10-11)14(15-3)17-8-6-16-7-9-17/h4-5,10,14-16H,6-9H2,1-3H3. The van der Waals surface area contributed by atoms with E-state index in [0.29, 0.717) is 6.17 Å². The molecule has 1 unspecified atom stereocenters. The van der Waals surface area contributed by atoms with Crippen molar-refractivity contribution in [2.24, 2.45) is 0 Å². The molecule has 17 heavy (non-hydrogen) atoms. The van der Waals surface area contributed by atoms with Gasteiger partial charge in [0.25, 0.3) is 0 Å². The van der Waals surface area contributed by atoms with E-state index in [0.717, 1.165) is 26.2 Å². The molecule has 1 aromatic rings. The number of benzene rings is 1. The monoisotopic (exact) mass is 233 g/mol. The van der Waals surface area contributed by atoms with Crippen LogP contribution in [0.15, 0.2) is 18.2 Å². The average Bonchev–Trinajstić information content (AvgIpc) is 2.34. The van der Waals surface area contributed by atoms with Gasteiger partial charge in [-0.3, -0.25) is 4.90 Å². The molecule has 0 aliphatic carbocycles. The zero-order valence-corrected chi connectivity index (χ0v) is 11.1. The summed E-state index contributed by atoms with van der Waals surface area (Å²) in [5.74, 6) is 0. The van der Waals surface area contributed by atoms with Crippen molar-refractivity contribution in [2.75, 3.05) is 33.2 Å². The van der Waals surface area contributed by atoms with Gasteiger partial charge in [-0.15, -0.1) is 0 Å². The second-order valence-corrected chi connectivity index (χ2v) is 4.84. The normalized spacial score (nSPS) is 19.2. The highest BCUT2D eigenvalue weighted by molar-refractivity contribution is 5.32. The first-order valence-corrected chi connectivity index (χ1v) is 6.41. The van der Waals surface area contributed by atoms with Crippen LogP contribution in [0.25, 0.3) is 0 Å². The molecule has 2 rings (SSSR count). The van der Waals surface area contributed by atoms with E-state index in [4.69, 9.17) is 0 Å². The molecular weight excluding hydrogens is 210 g/mol. The molecule has 0 saturated carbocycles. The summed E-state index contributed by atoms with van der Waals surface area (Å²) in [6, 6.07) is 6.73. The molecule has 3 nitrogen and oxygen atoms in total. The maximum Gasteiger partial charge on any atom is 0.0861 e. The average molecular weight is 233 g/mol. The maximum atomic E-state index is 3.45. The van der Waals surface area contributed by atoms with Crippen LogP contribution in [0.5, 0.6) is 0 Å². The molecule has 2 N–H and O–H groups in total. The molecule has 1 aliphatic heterocycles. The van der Waals surface area contributed by atoms with E-state index in [-0.39, 0.29) is 0 Å². The number of hydrogen-bond donors (Lipinski definition) is 2. The zero-order chi connectivity index (χ0) is 12.3. The summed E-state index contributed by atoms with van der Waals surface area (Å²) in [4.78, 5) is 2.51. The van der Waals surface area contributed by atoms with E-state index in [2.05, 4.69) is 47.6 Å². The van der Waals surface area contributed by atoms with E-state index in [1.165, 1.54) is 16.7 Å². The van der Waals surface area contributed by atoms with Crippen LogP contribution in [-0.2, 0) is 0 Å². The van der Waals surface area contributed by atoms with Crippen molar-refractivity contribution in [2.45, 2.75) is 20.0 Å². The Morgan fingerprint density at radius 2 is 1.94 bits per heavy atom. The van der Waals surface area contributed by atoms with Crippen molar-refractivity contribution in [1.29, 1.82) is 0 Å². The Morgan fingerprint density at radius 1 is 1.24 bits per heavy atom. The minimum atomic E-state index is 0.345. The van der Waals surface area contributed by atoms with Crippen LogP contribution in [0.4, 0.5) is 0 Å². The Labute approximate surface area is 104 Å². The molecule has 1 fully saturated rings. The maximum absolute atomic E-state index is 3.45. The predicted molar refractivity (Wildman–Crippen MR) is 72.2 cm³/mol. The summed E-state index contributed by atoms with van der Waals surface area (Å²) in [5, 5.41) is 6.85. The molecule has 0 bridgehead atoms. The summed E-state index contributed by atoms with van der Waals surface area (Å²) < 4.78 is 0. The summed E-state index contributed by atoms with van der Waals surface area (Å²) in [7, 11) is 2.05. The molecule has 1 aromatic carbocycles. The van der Waals surface area contributed by atoms with Crippen LogP contribution in [-0.4, -0.2) is 38.1 Å². The largest absolute Gasteiger partial charge is 0.314 e. The van der Waals surface area contributed by atoms with Gasteiger partial charge in [0.15, 0.2) is 0 Å². The van der Waals surface area contributed by atoms with Crippen molar-refractivity contribution in [3.63, 3.8) is 0 Å². The Balaban J connectivity index is 2.21. The predicted octanol–water partition coefficient (Wildman–Crippen LogP) is 1.43. The Morgan fingerprint density at radius 3 is 2.53 bits per heavy atom. The van der Waals surface area contributed by atoms with Gasteiger partial charge in [-0.25, -0.2) is 0 Å². The fourth-order valence-electron chi connectivity index (χ4n) is 2.61. The molecule has 0 amide bonds. The quantitative estimate of drug-likeness (QED) is 0.827. The van der Waals surface area contributed by atoms with Gasteiger partial charge in [0.05, 0.1) is 6.17 Å². The second-order valence-electron chi connectivity index (χ2n) is 4.84. The molecular formula is C14H23N3. The minimum absolute atomic E-state index is 0.345.